The lowest BCUT2D eigenvalue weighted by Crippen LogP contribution is -2.48. The van der Waals surface area contributed by atoms with E-state index in [0.717, 1.165) is 26.2 Å². The summed E-state index contributed by atoms with van der Waals surface area (Å²) in [5.74, 6) is 0. The number of hydrogen-bond acceptors (Lipinski definition) is 2. The van der Waals surface area contributed by atoms with Crippen molar-refractivity contribution < 1.29 is 0 Å². The summed E-state index contributed by atoms with van der Waals surface area (Å²) in [6.07, 6.45) is 0. The van der Waals surface area contributed by atoms with Gasteiger partial charge in [0.1, 0.15) is 0 Å². The van der Waals surface area contributed by atoms with Gasteiger partial charge >= 0.3 is 0 Å². The van der Waals surface area contributed by atoms with Gasteiger partial charge in [-0.3, -0.25) is 4.90 Å². The molecule has 0 radical (unpaired) electrons. The van der Waals surface area contributed by atoms with Gasteiger partial charge in [-0.05, 0) is 31.0 Å². The molecule has 1 aliphatic heterocycles. The average Bonchev–Trinajstić information content (AvgIpc) is 2.24. The maximum absolute atomic E-state index is 3.59. The van der Waals surface area contributed by atoms with Crippen molar-refractivity contribution in [3.05, 3.63) is 33.8 Å². The van der Waals surface area contributed by atoms with Crippen molar-refractivity contribution in [3.63, 3.8) is 0 Å². The highest BCUT2D eigenvalue weighted by molar-refractivity contribution is 9.10. The number of nitrogens with zero attached hydrogens (tertiary/aromatic N) is 1. The molecule has 0 spiro atoms. The van der Waals surface area contributed by atoms with Crippen molar-refractivity contribution in [1.29, 1.82) is 0 Å². The van der Waals surface area contributed by atoms with Crippen LogP contribution < -0.4 is 5.32 Å². The molecule has 0 unspecified atom stereocenters. The van der Waals surface area contributed by atoms with Gasteiger partial charge in [-0.2, -0.15) is 0 Å². The second-order valence-electron chi connectivity index (χ2n) is 4.67. The molecule has 2 nitrogen and oxygen atoms in total. The highest BCUT2D eigenvalue weighted by atomic mass is 79.9. The van der Waals surface area contributed by atoms with Crippen molar-refractivity contribution in [2.75, 3.05) is 19.6 Å². The van der Waals surface area contributed by atoms with E-state index in [4.69, 9.17) is 0 Å². The SMILES string of the molecule is Cc1ccc(CN2CCN[C@H](C)C2)cc1Br.Cl. The standard InChI is InChI=1S/C13H19BrN2.ClH/c1-10-3-4-12(7-13(10)14)9-16-6-5-15-11(2)8-16;/h3-4,7,11,15H,5-6,8-9H2,1-2H3;1H/t11-;/m1./s1. The first-order chi connectivity index (χ1) is 7.65. The molecule has 0 bridgehead atoms. The van der Waals surface area contributed by atoms with Gasteiger partial charge in [0.15, 0.2) is 0 Å². The number of rotatable bonds is 2. The van der Waals surface area contributed by atoms with E-state index >= 15 is 0 Å². The molecule has 4 heteroatoms. The van der Waals surface area contributed by atoms with Crippen LogP contribution in [0.4, 0.5) is 0 Å². The van der Waals surface area contributed by atoms with Crippen LogP contribution in [0.15, 0.2) is 22.7 Å². The van der Waals surface area contributed by atoms with E-state index < -0.39 is 0 Å². The molecule has 17 heavy (non-hydrogen) atoms. The first kappa shape index (κ1) is 15.0. The predicted octanol–water partition coefficient (Wildman–Crippen LogP) is 2.97. The number of hydrogen-bond donors (Lipinski definition) is 1. The molecule has 0 aromatic heterocycles. The van der Waals surface area contributed by atoms with Gasteiger partial charge in [0, 0.05) is 36.7 Å². The summed E-state index contributed by atoms with van der Waals surface area (Å²) < 4.78 is 1.22. The first-order valence-corrected chi connectivity index (χ1v) is 6.65. The van der Waals surface area contributed by atoms with E-state index in [-0.39, 0.29) is 12.4 Å². The maximum atomic E-state index is 3.59. The number of aryl methyl sites for hydroxylation is 1. The van der Waals surface area contributed by atoms with E-state index in [1.807, 2.05) is 0 Å². The van der Waals surface area contributed by atoms with Crippen molar-refractivity contribution in [2.24, 2.45) is 0 Å². The zero-order chi connectivity index (χ0) is 11.5. The Kier molecular flexibility index (Phi) is 5.93. The highest BCUT2D eigenvalue weighted by Gasteiger charge is 2.15. The molecule has 1 N–H and O–H groups in total. The molecular formula is C13H20BrClN2. The predicted molar refractivity (Wildman–Crippen MR) is 78.9 cm³/mol. The van der Waals surface area contributed by atoms with Crippen LogP contribution in [0.5, 0.6) is 0 Å². The normalized spacial score (nSPS) is 21.0. The molecular weight excluding hydrogens is 300 g/mol. The second-order valence-corrected chi connectivity index (χ2v) is 5.53. The fourth-order valence-electron chi connectivity index (χ4n) is 2.15. The van der Waals surface area contributed by atoms with Crippen LogP contribution in [0.2, 0.25) is 0 Å². The largest absolute Gasteiger partial charge is 0.312 e. The van der Waals surface area contributed by atoms with Gasteiger partial charge in [-0.25, -0.2) is 0 Å². The number of piperazine rings is 1. The molecule has 2 rings (SSSR count). The molecule has 1 saturated heterocycles. The van der Waals surface area contributed by atoms with Crippen LogP contribution in [0.1, 0.15) is 18.1 Å². The van der Waals surface area contributed by atoms with Gasteiger partial charge in [-0.15, -0.1) is 12.4 Å². The van der Waals surface area contributed by atoms with E-state index in [1.165, 1.54) is 15.6 Å². The molecule has 1 atom stereocenters. The Morgan fingerprint density at radius 3 is 2.88 bits per heavy atom. The first-order valence-electron chi connectivity index (χ1n) is 5.86. The molecule has 0 saturated carbocycles. The lowest BCUT2D eigenvalue weighted by molar-refractivity contribution is 0.199. The molecule has 96 valence electrons. The Hall–Kier alpha value is -0.0900. The van der Waals surface area contributed by atoms with Crippen molar-refractivity contribution in [3.8, 4) is 0 Å². The van der Waals surface area contributed by atoms with Crippen LogP contribution in [-0.2, 0) is 6.54 Å². The average molecular weight is 320 g/mol. The van der Waals surface area contributed by atoms with Gasteiger partial charge in [-0.1, -0.05) is 28.1 Å². The van der Waals surface area contributed by atoms with Gasteiger partial charge < -0.3 is 5.32 Å². The zero-order valence-corrected chi connectivity index (χ0v) is 12.8. The van der Waals surface area contributed by atoms with E-state index in [0.29, 0.717) is 6.04 Å². The number of nitrogens with one attached hydrogen (secondary N) is 1. The fraction of sp³-hybridized carbons (Fsp3) is 0.538. The summed E-state index contributed by atoms with van der Waals surface area (Å²) in [7, 11) is 0. The van der Waals surface area contributed by atoms with Gasteiger partial charge in [0.25, 0.3) is 0 Å². The van der Waals surface area contributed by atoms with Crippen LogP contribution in [0.3, 0.4) is 0 Å². The molecule has 1 fully saturated rings. The zero-order valence-electron chi connectivity index (χ0n) is 10.4. The third-order valence-corrected chi connectivity index (χ3v) is 3.95. The Bertz CT molecular complexity index is 370. The topological polar surface area (TPSA) is 15.3 Å². The van der Waals surface area contributed by atoms with Crippen molar-refractivity contribution in [1.82, 2.24) is 10.2 Å². The van der Waals surface area contributed by atoms with E-state index in [2.05, 4.69) is 58.2 Å². The smallest absolute Gasteiger partial charge is 0.0235 e. The van der Waals surface area contributed by atoms with Gasteiger partial charge in [0.05, 0.1) is 0 Å². The van der Waals surface area contributed by atoms with Crippen LogP contribution in [-0.4, -0.2) is 30.6 Å². The van der Waals surface area contributed by atoms with Crippen LogP contribution in [0.25, 0.3) is 0 Å². The summed E-state index contributed by atoms with van der Waals surface area (Å²) in [5, 5.41) is 3.47. The monoisotopic (exact) mass is 318 g/mol. The highest BCUT2D eigenvalue weighted by Crippen LogP contribution is 2.18. The van der Waals surface area contributed by atoms with Crippen LogP contribution in [0, 0.1) is 6.92 Å². The Morgan fingerprint density at radius 2 is 2.24 bits per heavy atom. The third kappa shape index (κ3) is 4.25. The van der Waals surface area contributed by atoms with Crippen molar-refractivity contribution >= 4 is 28.3 Å². The summed E-state index contributed by atoms with van der Waals surface area (Å²) in [5.41, 5.74) is 2.70. The minimum Gasteiger partial charge on any atom is -0.312 e. The Balaban J connectivity index is 0.00000144. The summed E-state index contributed by atoms with van der Waals surface area (Å²) >= 11 is 3.59. The molecule has 1 heterocycles. The van der Waals surface area contributed by atoms with E-state index in [1.54, 1.807) is 0 Å². The Labute approximate surface area is 118 Å². The van der Waals surface area contributed by atoms with Crippen LogP contribution >= 0.6 is 28.3 Å². The quantitative estimate of drug-likeness (QED) is 0.901. The molecule has 0 aliphatic carbocycles. The van der Waals surface area contributed by atoms with Crippen molar-refractivity contribution in [2.45, 2.75) is 26.4 Å². The van der Waals surface area contributed by atoms with Gasteiger partial charge in [0.2, 0.25) is 0 Å². The number of benzene rings is 1. The second kappa shape index (κ2) is 6.74. The summed E-state index contributed by atoms with van der Waals surface area (Å²) in [6.45, 7) is 8.83. The molecule has 1 aromatic carbocycles. The minimum atomic E-state index is 0. The lowest BCUT2D eigenvalue weighted by atomic mass is 10.1. The third-order valence-electron chi connectivity index (χ3n) is 3.10. The molecule has 1 aliphatic rings. The Morgan fingerprint density at radius 1 is 1.47 bits per heavy atom. The minimum absolute atomic E-state index is 0. The summed E-state index contributed by atoms with van der Waals surface area (Å²) in [4.78, 5) is 2.51. The number of halogens is 2. The maximum Gasteiger partial charge on any atom is 0.0235 e. The molecule has 0 amide bonds. The molecule has 1 aromatic rings. The summed E-state index contributed by atoms with van der Waals surface area (Å²) in [6, 6.07) is 7.27. The van der Waals surface area contributed by atoms with E-state index in [9.17, 15) is 0 Å². The lowest BCUT2D eigenvalue weighted by Gasteiger charge is -2.31. The fourth-order valence-corrected chi connectivity index (χ4v) is 2.57.